The lowest BCUT2D eigenvalue weighted by molar-refractivity contribution is -0.275. The number of hydrogen-bond donors (Lipinski definition) is 0. The normalized spacial score (nSPS) is 11.4. The Hall–Kier alpha value is -1.84. The Morgan fingerprint density at radius 1 is 1.29 bits per heavy atom. The van der Waals surface area contributed by atoms with Crippen molar-refractivity contribution in [1.29, 1.82) is 5.26 Å². The molecular formula is C10H6F5NO. The Bertz CT molecular complexity index is 435. The summed E-state index contributed by atoms with van der Waals surface area (Å²) in [5.41, 5.74) is -0.674. The third-order valence-electron chi connectivity index (χ3n) is 1.82. The van der Waals surface area contributed by atoms with Crippen LogP contribution in [0.4, 0.5) is 22.0 Å². The number of alkyl halides is 5. The molecule has 92 valence electrons. The van der Waals surface area contributed by atoms with Crippen molar-refractivity contribution in [3.8, 4) is 11.8 Å². The molecule has 0 atom stereocenters. The predicted octanol–water partition coefficient (Wildman–Crippen LogP) is 3.59. The molecule has 0 aliphatic carbocycles. The van der Waals surface area contributed by atoms with E-state index in [4.69, 9.17) is 5.26 Å². The zero-order valence-corrected chi connectivity index (χ0v) is 8.26. The molecule has 1 aromatic rings. The molecule has 0 aromatic heterocycles. The molecule has 0 amide bonds. The van der Waals surface area contributed by atoms with Crippen LogP contribution in [0.5, 0.6) is 5.75 Å². The number of nitrogens with zero attached hydrogens (tertiary/aromatic N) is 1. The van der Waals surface area contributed by atoms with E-state index < -0.39 is 24.1 Å². The number of nitriles is 1. The number of hydrogen-bond acceptors (Lipinski definition) is 2. The first-order chi connectivity index (χ1) is 7.83. The van der Waals surface area contributed by atoms with Crippen LogP contribution >= 0.6 is 0 Å². The molecule has 0 radical (unpaired) electrons. The van der Waals surface area contributed by atoms with Gasteiger partial charge >= 0.3 is 6.36 Å². The summed E-state index contributed by atoms with van der Waals surface area (Å²) in [6, 6.07) is 4.45. The van der Waals surface area contributed by atoms with Gasteiger partial charge in [-0.2, -0.15) is 5.26 Å². The monoisotopic (exact) mass is 251 g/mol. The van der Waals surface area contributed by atoms with Gasteiger partial charge in [0, 0.05) is 0 Å². The minimum Gasteiger partial charge on any atom is -0.405 e. The quantitative estimate of drug-likeness (QED) is 0.769. The molecule has 0 saturated carbocycles. The number of ether oxygens (including phenoxy) is 1. The molecule has 0 N–H and O–H groups in total. The lowest BCUT2D eigenvalue weighted by Gasteiger charge is -2.13. The SMILES string of the molecule is N#CCc1ccc(OC(F)(F)F)c(C(F)F)c1. The van der Waals surface area contributed by atoms with E-state index in [1.54, 1.807) is 6.07 Å². The maximum atomic E-state index is 12.5. The van der Waals surface area contributed by atoms with Gasteiger partial charge in [-0.3, -0.25) is 0 Å². The lowest BCUT2D eigenvalue weighted by Crippen LogP contribution is -2.18. The van der Waals surface area contributed by atoms with Crippen molar-refractivity contribution in [2.24, 2.45) is 0 Å². The van der Waals surface area contributed by atoms with E-state index in [1.807, 2.05) is 0 Å². The van der Waals surface area contributed by atoms with Gasteiger partial charge < -0.3 is 4.74 Å². The Morgan fingerprint density at radius 2 is 1.94 bits per heavy atom. The summed E-state index contributed by atoms with van der Waals surface area (Å²) in [6.45, 7) is 0. The fourth-order valence-electron chi connectivity index (χ4n) is 1.19. The van der Waals surface area contributed by atoms with Crippen LogP contribution in [0.15, 0.2) is 18.2 Å². The molecule has 0 heterocycles. The first-order valence-corrected chi connectivity index (χ1v) is 4.37. The fourth-order valence-corrected chi connectivity index (χ4v) is 1.19. The summed E-state index contributed by atoms with van der Waals surface area (Å²) in [6.07, 6.45) is -8.29. The van der Waals surface area contributed by atoms with Crippen molar-refractivity contribution < 1.29 is 26.7 Å². The third-order valence-corrected chi connectivity index (χ3v) is 1.82. The summed E-state index contributed by atoms with van der Waals surface area (Å²) in [5.74, 6) is -0.950. The van der Waals surface area contributed by atoms with Gasteiger partial charge in [-0.25, -0.2) is 8.78 Å². The van der Waals surface area contributed by atoms with Gasteiger partial charge in [0.15, 0.2) is 0 Å². The third kappa shape index (κ3) is 3.90. The average Bonchev–Trinajstić information content (AvgIpc) is 2.18. The highest BCUT2D eigenvalue weighted by molar-refractivity contribution is 5.39. The van der Waals surface area contributed by atoms with Gasteiger partial charge in [-0.1, -0.05) is 6.07 Å². The van der Waals surface area contributed by atoms with Gasteiger partial charge in [-0.15, -0.1) is 13.2 Å². The van der Waals surface area contributed by atoms with Crippen LogP contribution < -0.4 is 4.74 Å². The fraction of sp³-hybridized carbons (Fsp3) is 0.300. The van der Waals surface area contributed by atoms with Crippen LogP contribution in [-0.2, 0) is 6.42 Å². The van der Waals surface area contributed by atoms with Crippen molar-refractivity contribution in [2.45, 2.75) is 19.2 Å². The van der Waals surface area contributed by atoms with E-state index in [-0.39, 0.29) is 12.0 Å². The first kappa shape index (κ1) is 13.2. The molecule has 0 spiro atoms. The van der Waals surface area contributed by atoms with E-state index in [0.717, 1.165) is 18.2 Å². The predicted molar refractivity (Wildman–Crippen MR) is 47.4 cm³/mol. The van der Waals surface area contributed by atoms with Crippen LogP contribution in [0, 0.1) is 11.3 Å². The van der Waals surface area contributed by atoms with Crippen molar-refractivity contribution in [3.05, 3.63) is 29.3 Å². The molecule has 1 aromatic carbocycles. The summed E-state index contributed by atoms with van der Waals surface area (Å²) < 4.78 is 64.2. The van der Waals surface area contributed by atoms with Crippen LogP contribution in [0.25, 0.3) is 0 Å². The molecule has 0 unspecified atom stereocenters. The minimum atomic E-state index is -5.03. The second kappa shape index (κ2) is 4.99. The Balaban J connectivity index is 3.10. The summed E-state index contributed by atoms with van der Waals surface area (Å²) in [4.78, 5) is 0. The maximum absolute atomic E-state index is 12.5. The lowest BCUT2D eigenvalue weighted by atomic mass is 10.1. The van der Waals surface area contributed by atoms with E-state index in [0.29, 0.717) is 0 Å². The van der Waals surface area contributed by atoms with Gasteiger partial charge in [0.1, 0.15) is 5.75 Å². The van der Waals surface area contributed by atoms with Crippen molar-refractivity contribution in [2.75, 3.05) is 0 Å². The Kier molecular flexibility index (Phi) is 3.89. The molecule has 1 rings (SSSR count). The molecule has 0 aliphatic rings. The minimum absolute atomic E-state index is 0.161. The average molecular weight is 251 g/mol. The summed E-state index contributed by atoms with van der Waals surface area (Å²) >= 11 is 0. The zero-order chi connectivity index (χ0) is 13.1. The molecule has 7 heteroatoms. The van der Waals surface area contributed by atoms with Crippen LogP contribution in [0.2, 0.25) is 0 Å². The molecule has 17 heavy (non-hydrogen) atoms. The number of halogens is 5. The highest BCUT2D eigenvalue weighted by atomic mass is 19.4. The largest absolute Gasteiger partial charge is 0.573 e. The van der Waals surface area contributed by atoms with E-state index in [1.165, 1.54) is 0 Å². The van der Waals surface area contributed by atoms with Gasteiger partial charge in [0.05, 0.1) is 18.1 Å². The van der Waals surface area contributed by atoms with Crippen molar-refractivity contribution >= 4 is 0 Å². The zero-order valence-electron chi connectivity index (χ0n) is 8.26. The van der Waals surface area contributed by atoms with E-state index in [2.05, 4.69) is 4.74 Å². The first-order valence-electron chi connectivity index (χ1n) is 4.37. The topological polar surface area (TPSA) is 33.0 Å². The van der Waals surface area contributed by atoms with Gasteiger partial charge in [0.2, 0.25) is 0 Å². The molecule has 0 bridgehead atoms. The second-order valence-electron chi connectivity index (χ2n) is 3.06. The molecule has 0 fully saturated rings. The van der Waals surface area contributed by atoms with E-state index in [9.17, 15) is 22.0 Å². The van der Waals surface area contributed by atoms with Crippen LogP contribution in [0.1, 0.15) is 17.6 Å². The summed E-state index contributed by atoms with van der Waals surface area (Å²) in [7, 11) is 0. The molecule has 0 saturated heterocycles. The van der Waals surface area contributed by atoms with Crippen molar-refractivity contribution in [1.82, 2.24) is 0 Å². The highest BCUT2D eigenvalue weighted by Crippen LogP contribution is 2.33. The highest BCUT2D eigenvalue weighted by Gasteiger charge is 2.33. The van der Waals surface area contributed by atoms with Gasteiger partial charge in [-0.05, 0) is 17.7 Å². The van der Waals surface area contributed by atoms with Crippen molar-refractivity contribution in [3.63, 3.8) is 0 Å². The standard InChI is InChI=1S/C10H6F5NO/c11-9(12)7-5-6(3-4-16)1-2-8(7)17-10(13,14)15/h1-2,5,9H,3H2. The Morgan fingerprint density at radius 3 is 2.41 bits per heavy atom. The van der Waals surface area contributed by atoms with Crippen LogP contribution in [-0.4, -0.2) is 6.36 Å². The smallest absolute Gasteiger partial charge is 0.405 e. The summed E-state index contributed by atoms with van der Waals surface area (Å²) in [5, 5.41) is 8.36. The van der Waals surface area contributed by atoms with Gasteiger partial charge in [0.25, 0.3) is 6.43 Å². The Labute approximate surface area is 93.2 Å². The molecular weight excluding hydrogens is 245 g/mol. The number of rotatable bonds is 3. The number of benzene rings is 1. The van der Waals surface area contributed by atoms with Crippen LogP contribution in [0.3, 0.4) is 0 Å². The molecule has 2 nitrogen and oxygen atoms in total. The second-order valence-corrected chi connectivity index (χ2v) is 3.06. The molecule has 0 aliphatic heterocycles. The van der Waals surface area contributed by atoms with E-state index >= 15 is 0 Å². The maximum Gasteiger partial charge on any atom is 0.573 e.